The number of H-pyrrole nitrogens is 1. The second kappa shape index (κ2) is 7.56. The van der Waals surface area contributed by atoms with E-state index in [1.807, 2.05) is 12.5 Å². The van der Waals surface area contributed by atoms with E-state index in [1.165, 1.54) is 32.1 Å². The van der Waals surface area contributed by atoms with Crippen molar-refractivity contribution in [2.24, 2.45) is 0 Å². The average Bonchev–Trinajstić information content (AvgIpc) is 2.69. The number of unbranched alkanes of at least 4 members (excludes halogenated alkanes) is 4. The van der Waals surface area contributed by atoms with Crippen LogP contribution in [-0.4, -0.2) is 18.7 Å². The normalized spacial score (nSPS) is 10.6. The third-order valence-electron chi connectivity index (χ3n) is 2.37. The molecule has 3 nitrogen and oxygen atoms in total. The SMILES string of the molecule is COCCCCCCC[n+]1cc[nH]c1. The molecule has 0 aliphatic rings. The van der Waals surface area contributed by atoms with Crippen LogP contribution in [0.15, 0.2) is 18.7 Å². The zero-order chi connectivity index (χ0) is 10.1. The highest BCUT2D eigenvalue weighted by Crippen LogP contribution is 2.02. The number of hydrogen-bond acceptors (Lipinski definition) is 1. The Balaban J connectivity index is 1.85. The van der Waals surface area contributed by atoms with Gasteiger partial charge in [0.05, 0.1) is 6.54 Å². The number of aromatic amines is 1. The van der Waals surface area contributed by atoms with Crippen molar-refractivity contribution in [2.75, 3.05) is 13.7 Å². The highest BCUT2D eigenvalue weighted by atomic mass is 16.5. The largest absolute Gasteiger partial charge is 0.385 e. The predicted octanol–water partition coefficient (Wildman–Crippen LogP) is 1.90. The van der Waals surface area contributed by atoms with E-state index in [1.54, 1.807) is 7.11 Å². The monoisotopic (exact) mass is 197 g/mol. The van der Waals surface area contributed by atoms with Crippen LogP contribution in [0.4, 0.5) is 0 Å². The summed E-state index contributed by atoms with van der Waals surface area (Å²) >= 11 is 0. The van der Waals surface area contributed by atoms with Crippen LogP contribution in [0.2, 0.25) is 0 Å². The van der Waals surface area contributed by atoms with Crippen LogP contribution >= 0.6 is 0 Å². The van der Waals surface area contributed by atoms with Crippen molar-refractivity contribution in [2.45, 2.75) is 38.6 Å². The lowest BCUT2D eigenvalue weighted by atomic mass is 10.1. The number of rotatable bonds is 8. The van der Waals surface area contributed by atoms with Crippen molar-refractivity contribution in [1.29, 1.82) is 0 Å². The van der Waals surface area contributed by atoms with Crippen molar-refractivity contribution in [1.82, 2.24) is 4.98 Å². The Morgan fingerprint density at radius 3 is 2.64 bits per heavy atom. The molecule has 0 fully saturated rings. The van der Waals surface area contributed by atoms with Crippen LogP contribution in [0, 0.1) is 0 Å². The molecule has 0 unspecified atom stereocenters. The highest BCUT2D eigenvalue weighted by molar-refractivity contribution is 4.55. The van der Waals surface area contributed by atoms with E-state index in [-0.39, 0.29) is 0 Å². The van der Waals surface area contributed by atoms with E-state index in [2.05, 4.69) is 15.7 Å². The summed E-state index contributed by atoms with van der Waals surface area (Å²) in [6.07, 6.45) is 12.5. The molecule has 1 aromatic rings. The van der Waals surface area contributed by atoms with Crippen LogP contribution < -0.4 is 4.57 Å². The van der Waals surface area contributed by atoms with E-state index >= 15 is 0 Å². The van der Waals surface area contributed by atoms with Crippen molar-refractivity contribution >= 4 is 0 Å². The van der Waals surface area contributed by atoms with Gasteiger partial charge in [-0.25, -0.2) is 4.57 Å². The lowest BCUT2D eigenvalue weighted by Crippen LogP contribution is -2.30. The molecule has 0 aromatic carbocycles. The number of methoxy groups -OCH3 is 1. The minimum Gasteiger partial charge on any atom is -0.385 e. The maximum absolute atomic E-state index is 5.00. The van der Waals surface area contributed by atoms with Gasteiger partial charge in [0, 0.05) is 13.7 Å². The fourth-order valence-electron chi connectivity index (χ4n) is 1.53. The van der Waals surface area contributed by atoms with E-state index < -0.39 is 0 Å². The fourth-order valence-corrected chi connectivity index (χ4v) is 1.53. The molecule has 80 valence electrons. The maximum Gasteiger partial charge on any atom is 0.241 e. The quantitative estimate of drug-likeness (QED) is 0.500. The third-order valence-corrected chi connectivity index (χ3v) is 2.37. The van der Waals surface area contributed by atoms with Crippen LogP contribution in [-0.2, 0) is 11.3 Å². The summed E-state index contributed by atoms with van der Waals surface area (Å²) in [5.74, 6) is 0. The Morgan fingerprint density at radius 2 is 1.93 bits per heavy atom. The zero-order valence-corrected chi connectivity index (χ0v) is 9.04. The second-order valence-corrected chi connectivity index (χ2v) is 3.61. The molecule has 0 aliphatic heterocycles. The second-order valence-electron chi connectivity index (χ2n) is 3.61. The predicted molar refractivity (Wildman–Crippen MR) is 55.9 cm³/mol. The summed E-state index contributed by atoms with van der Waals surface area (Å²) in [5.41, 5.74) is 0. The van der Waals surface area contributed by atoms with Crippen molar-refractivity contribution in [3.05, 3.63) is 18.7 Å². The van der Waals surface area contributed by atoms with Crippen molar-refractivity contribution in [3.63, 3.8) is 0 Å². The van der Waals surface area contributed by atoms with Gasteiger partial charge in [0.2, 0.25) is 6.33 Å². The Hall–Kier alpha value is -0.830. The number of nitrogens with one attached hydrogen (secondary N) is 1. The van der Waals surface area contributed by atoms with Gasteiger partial charge in [0.25, 0.3) is 0 Å². The van der Waals surface area contributed by atoms with Crippen molar-refractivity contribution in [3.8, 4) is 0 Å². The number of aryl methyl sites for hydroxylation is 1. The summed E-state index contributed by atoms with van der Waals surface area (Å²) in [7, 11) is 1.77. The maximum atomic E-state index is 5.00. The molecule has 0 aliphatic carbocycles. The van der Waals surface area contributed by atoms with Crippen LogP contribution in [0.1, 0.15) is 32.1 Å². The van der Waals surface area contributed by atoms with Gasteiger partial charge in [0.15, 0.2) is 0 Å². The van der Waals surface area contributed by atoms with Gasteiger partial charge in [-0.3, -0.25) is 4.98 Å². The molecule has 1 N–H and O–H groups in total. The van der Waals surface area contributed by atoms with Crippen LogP contribution in [0.3, 0.4) is 0 Å². The fraction of sp³-hybridized carbons (Fsp3) is 0.727. The molecular formula is C11H21N2O+. The minimum absolute atomic E-state index is 0.909. The number of nitrogens with zero attached hydrogens (tertiary/aromatic N) is 1. The van der Waals surface area contributed by atoms with Gasteiger partial charge in [-0.15, -0.1) is 0 Å². The molecule has 0 radical (unpaired) electrons. The van der Waals surface area contributed by atoms with Gasteiger partial charge in [-0.1, -0.05) is 12.8 Å². The molecule has 14 heavy (non-hydrogen) atoms. The number of imidazole rings is 1. The standard InChI is InChI=1S/C11H20N2O/c1-14-10-6-4-2-3-5-8-13-9-7-12-11-13/h7,9,11H,2-6,8,10H2,1H3/p+1. The molecule has 1 rings (SSSR count). The summed E-state index contributed by atoms with van der Waals surface area (Å²) in [5, 5.41) is 0. The number of ether oxygens (including phenoxy) is 1. The molecule has 0 saturated heterocycles. The molecule has 0 saturated carbocycles. The minimum atomic E-state index is 0.909. The molecular weight excluding hydrogens is 176 g/mol. The zero-order valence-electron chi connectivity index (χ0n) is 9.04. The first-order chi connectivity index (χ1) is 6.93. The van der Waals surface area contributed by atoms with Crippen LogP contribution in [0.25, 0.3) is 0 Å². The molecule has 3 heteroatoms. The Labute approximate surface area is 86.1 Å². The van der Waals surface area contributed by atoms with Gasteiger partial charge in [-0.2, -0.15) is 0 Å². The Kier molecular flexibility index (Phi) is 6.07. The van der Waals surface area contributed by atoms with Gasteiger partial charge in [-0.05, 0) is 19.3 Å². The average molecular weight is 197 g/mol. The summed E-state index contributed by atoms with van der Waals surface area (Å²) in [6.45, 7) is 2.04. The summed E-state index contributed by atoms with van der Waals surface area (Å²) in [4.78, 5) is 3.04. The molecule has 0 bridgehead atoms. The van der Waals surface area contributed by atoms with Gasteiger partial charge < -0.3 is 4.74 Å². The molecule has 1 heterocycles. The van der Waals surface area contributed by atoms with Gasteiger partial charge >= 0.3 is 0 Å². The molecule has 1 aromatic heterocycles. The Morgan fingerprint density at radius 1 is 1.14 bits per heavy atom. The third kappa shape index (κ3) is 5.02. The topological polar surface area (TPSA) is 28.9 Å². The molecule has 0 spiro atoms. The van der Waals surface area contributed by atoms with E-state index in [0.29, 0.717) is 0 Å². The Bertz CT molecular complexity index is 209. The highest BCUT2D eigenvalue weighted by Gasteiger charge is 1.96. The van der Waals surface area contributed by atoms with Crippen LogP contribution in [0.5, 0.6) is 0 Å². The number of aromatic nitrogens is 2. The molecule has 0 amide bonds. The van der Waals surface area contributed by atoms with Crippen molar-refractivity contribution < 1.29 is 9.30 Å². The summed E-state index contributed by atoms with van der Waals surface area (Å²) < 4.78 is 7.19. The first kappa shape index (κ1) is 11.2. The lowest BCUT2D eigenvalue weighted by molar-refractivity contribution is -0.696. The van der Waals surface area contributed by atoms with E-state index in [4.69, 9.17) is 4.74 Å². The molecule has 0 atom stereocenters. The lowest BCUT2D eigenvalue weighted by Gasteiger charge is -1.99. The smallest absolute Gasteiger partial charge is 0.241 e. The van der Waals surface area contributed by atoms with Gasteiger partial charge in [0.1, 0.15) is 12.4 Å². The summed E-state index contributed by atoms with van der Waals surface area (Å²) in [6, 6.07) is 0. The first-order valence-electron chi connectivity index (χ1n) is 5.44. The number of hydrogen-bond donors (Lipinski definition) is 1. The van der Waals surface area contributed by atoms with E-state index in [9.17, 15) is 0 Å². The first-order valence-corrected chi connectivity index (χ1v) is 5.44. The van der Waals surface area contributed by atoms with E-state index in [0.717, 1.165) is 13.2 Å².